The number of hydrogen-bond donors (Lipinski definition) is 3. The maximum Gasteiger partial charge on any atom is 0.251 e. The molecule has 0 saturated carbocycles. The maximum absolute atomic E-state index is 12.0. The van der Waals surface area contributed by atoms with Gasteiger partial charge in [0, 0.05) is 43.9 Å². The molecule has 1 aliphatic rings. The normalized spacial score (nSPS) is 13.5. The van der Waals surface area contributed by atoms with E-state index < -0.39 is 0 Å². The fourth-order valence-corrected chi connectivity index (χ4v) is 3.12. The molecule has 3 N–H and O–H groups in total. The average molecular weight is 394 g/mol. The number of nitrogens with zero attached hydrogens (tertiary/aromatic N) is 1. The zero-order valence-corrected chi connectivity index (χ0v) is 16.3. The molecule has 1 saturated heterocycles. The van der Waals surface area contributed by atoms with Crippen LogP contribution in [-0.2, 0) is 16.1 Å². The lowest BCUT2D eigenvalue weighted by Crippen LogP contribution is -2.47. The minimum absolute atomic E-state index is 0.0348. The fourth-order valence-electron chi connectivity index (χ4n) is 3.12. The summed E-state index contributed by atoms with van der Waals surface area (Å²) in [5, 5.41) is 8.52. The third-order valence-corrected chi connectivity index (χ3v) is 4.73. The molecule has 1 aliphatic heterocycles. The van der Waals surface area contributed by atoms with Gasteiger partial charge >= 0.3 is 0 Å². The molecular weight excluding hydrogens is 368 g/mol. The molecule has 0 spiro atoms. The van der Waals surface area contributed by atoms with E-state index >= 15 is 0 Å². The van der Waals surface area contributed by atoms with Crippen molar-refractivity contribution in [1.82, 2.24) is 16.0 Å². The van der Waals surface area contributed by atoms with Gasteiger partial charge < -0.3 is 20.9 Å². The van der Waals surface area contributed by atoms with Crippen LogP contribution in [0.25, 0.3) is 0 Å². The highest BCUT2D eigenvalue weighted by atomic mass is 16.2. The number of nitrogens with one attached hydrogen (secondary N) is 3. The summed E-state index contributed by atoms with van der Waals surface area (Å²) in [6.07, 6.45) is 0.941. The van der Waals surface area contributed by atoms with E-state index in [0.717, 1.165) is 17.8 Å². The molecule has 0 bridgehead atoms. The highest BCUT2D eigenvalue weighted by Crippen LogP contribution is 2.16. The van der Waals surface area contributed by atoms with Crippen LogP contribution in [0.2, 0.25) is 0 Å². The Kier molecular flexibility index (Phi) is 7.22. The predicted octanol–water partition coefficient (Wildman–Crippen LogP) is 1.45. The second kappa shape index (κ2) is 10.3. The zero-order chi connectivity index (χ0) is 20.5. The Morgan fingerprint density at radius 3 is 2.48 bits per heavy atom. The second-order valence-corrected chi connectivity index (χ2v) is 6.94. The Bertz CT molecular complexity index is 837. The lowest BCUT2D eigenvalue weighted by molar-refractivity contribution is -0.121. The van der Waals surface area contributed by atoms with E-state index in [1.54, 1.807) is 12.1 Å². The van der Waals surface area contributed by atoms with E-state index in [-0.39, 0.29) is 17.7 Å². The topological polar surface area (TPSA) is 90.5 Å². The molecule has 7 nitrogen and oxygen atoms in total. The molecule has 29 heavy (non-hydrogen) atoms. The summed E-state index contributed by atoms with van der Waals surface area (Å²) < 4.78 is 0. The van der Waals surface area contributed by atoms with Crippen molar-refractivity contribution >= 4 is 23.4 Å². The molecule has 0 radical (unpaired) electrons. The molecule has 2 aromatic carbocycles. The maximum atomic E-state index is 12.0. The summed E-state index contributed by atoms with van der Waals surface area (Å²) in [5.41, 5.74) is 2.62. The monoisotopic (exact) mass is 394 g/mol. The number of anilines is 1. The smallest absolute Gasteiger partial charge is 0.251 e. The summed E-state index contributed by atoms with van der Waals surface area (Å²) in [6, 6.07) is 16.9. The molecule has 3 rings (SSSR count). The van der Waals surface area contributed by atoms with Crippen molar-refractivity contribution in [1.29, 1.82) is 0 Å². The third kappa shape index (κ3) is 6.34. The summed E-state index contributed by atoms with van der Waals surface area (Å²) in [5.74, 6) is -0.138. The molecule has 0 unspecified atom stereocenters. The first-order valence-electron chi connectivity index (χ1n) is 9.82. The number of piperazine rings is 1. The zero-order valence-electron chi connectivity index (χ0n) is 16.3. The molecule has 0 atom stereocenters. The van der Waals surface area contributed by atoms with Crippen LogP contribution >= 0.6 is 0 Å². The van der Waals surface area contributed by atoms with Gasteiger partial charge in [0.2, 0.25) is 11.8 Å². The summed E-state index contributed by atoms with van der Waals surface area (Å²) in [4.78, 5) is 37.4. The van der Waals surface area contributed by atoms with Crippen molar-refractivity contribution < 1.29 is 14.4 Å². The highest BCUT2D eigenvalue weighted by Gasteiger charge is 2.16. The van der Waals surface area contributed by atoms with Gasteiger partial charge in [-0.1, -0.05) is 30.3 Å². The van der Waals surface area contributed by atoms with Gasteiger partial charge in [-0.25, -0.2) is 0 Å². The molecule has 152 valence electrons. The molecule has 3 amide bonds. The quantitative estimate of drug-likeness (QED) is 0.591. The minimum Gasteiger partial charge on any atom is -0.360 e. The number of hydrogen-bond acceptors (Lipinski definition) is 4. The van der Waals surface area contributed by atoms with Crippen molar-refractivity contribution in [3.8, 4) is 0 Å². The van der Waals surface area contributed by atoms with Crippen molar-refractivity contribution in [3.63, 3.8) is 0 Å². The minimum atomic E-state index is -0.128. The Morgan fingerprint density at radius 1 is 1.00 bits per heavy atom. The number of carbonyl (C=O) groups excluding carboxylic acids is 3. The van der Waals surface area contributed by atoms with Crippen LogP contribution in [0.3, 0.4) is 0 Å². The van der Waals surface area contributed by atoms with E-state index in [1.165, 1.54) is 0 Å². The van der Waals surface area contributed by atoms with E-state index in [1.807, 2.05) is 47.4 Å². The first-order valence-corrected chi connectivity index (χ1v) is 9.82. The van der Waals surface area contributed by atoms with Gasteiger partial charge in [-0.05, 0) is 36.2 Å². The first-order chi connectivity index (χ1) is 14.1. The van der Waals surface area contributed by atoms with E-state index in [0.29, 0.717) is 44.6 Å². The molecule has 1 fully saturated rings. The van der Waals surface area contributed by atoms with Gasteiger partial charge in [0.25, 0.3) is 5.91 Å². The lowest BCUT2D eigenvalue weighted by Gasteiger charge is -2.28. The summed E-state index contributed by atoms with van der Waals surface area (Å²) >= 11 is 0. The first kappa shape index (κ1) is 20.4. The van der Waals surface area contributed by atoms with Crippen molar-refractivity contribution in [2.75, 3.05) is 31.1 Å². The fraction of sp³-hybridized carbons (Fsp3) is 0.318. The van der Waals surface area contributed by atoms with Crippen LogP contribution in [0.5, 0.6) is 0 Å². The van der Waals surface area contributed by atoms with E-state index in [2.05, 4.69) is 16.0 Å². The van der Waals surface area contributed by atoms with Crippen molar-refractivity contribution in [2.24, 2.45) is 0 Å². The van der Waals surface area contributed by atoms with E-state index in [4.69, 9.17) is 0 Å². The number of amides is 3. The van der Waals surface area contributed by atoms with Gasteiger partial charge in [-0.15, -0.1) is 0 Å². The third-order valence-electron chi connectivity index (χ3n) is 4.73. The van der Waals surface area contributed by atoms with E-state index in [9.17, 15) is 14.4 Å². The Labute approximate surface area is 170 Å². The highest BCUT2D eigenvalue weighted by molar-refractivity contribution is 5.94. The van der Waals surface area contributed by atoms with Crippen LogP contribution in [0, 0.1) is 0 Å². The van der Waals surface area contributed by atoms with Crippen LogP contribution in [0.1, 0.15) is 28.8 Å². The number of carbonyl (C=O) groups is 3. The molecule has 0 aliphatic carbocycles. The SMILES string of the molecule is O=C(CCCNC(=O)c1ccccc1)NCc1ccc(N2CCNC(=O)C2)cc1. The van der Waals surface area contributed by atoms with Gasteiger partial charge in [0.05, 0.1) is 6.54 Å². The van der Waals surface area contributed by atoms with Crippen molar-refractivity contribution in [3.05, 3.63) is 65.7 Å². The van der Waals surface area contributed by atoms with Crippen LogP contribution in [-0.4, -0.2) is 43.9 Å². The van der Waals surface area contributed by atoms with Crippen LogP contribution in [0.15, 0.2) is 54.6 Å². The molecule has 7 heteroatoms. The molecule has 2 aromatic rings. The largest absolute Gasteiger partial charge is 0.360 e. The van der Waals surface area contributed by atoms with Crippen LogP contribution in [0.4, 0.5) is 5.69 Å². The van der Waals surface area contributed by atoms with Gasteiger partial charge in [-0.2, -0.15) is 0 Å². The Balaban J connectivity index is 1.34. The Morgan fingerprint density at radius 2 is 1.76 bits per heavy atom. The van der Waals surface area contributed by atoms with Crippen LogP contribution < -0.4 is 20.9 Å². The molecule has 1 heterocycles. The number of benzene rings is 2. The lowest BCUT2D eigenvalue weighted by atomic mass is 10.1. The van der Waals surface area contributed by atoms with Crippen molar-refractivity contribution in [2.45, 2.75) is 19.4 Å². The number of rotatable bonds is 8. The Hall–Kier alpha value is -3.35. The second-order valence-electron chi connectivity index (χ2n) is 6.94. The standard InChI is InChI=1S/C22H26N4O3/c27-20(7-4-12-24-22(29)18-5-2-1-3-6-18)25-15-17-8-10-19(11-9-17)26-14-13-23-21(28)16-26/h1-3,5-6,8-11H,4,7,12-16H2,(H,23,28)(H,24,29)(H,25,27). The summed E-state index contributed by atoms with van der Waals surface area (Å²) in [7, 11) is 0. The van der Waals surface area contributed by atoms with Gasteiger partial charge in [0.15, 0.2) is 0 Å². The predicted molar refractivity (Wildman–Crippen MR) is 112 cm³/mol. The molecule has 0 aromatic heterocycles. The molecular formula is C22H26N4O3. The van der Waals surface area contributed by atoms with Gasteiger partial charge in [-0.3, -0.25) is 14.4 Å². The van der Waals surface area contributed by atoms with Gasteiger partial charge in [0.1, 0.15) is 0 Å². The average Bonchev–Trinajstić information content (AvgIpc) is 2.76. The summed E-state index contributed by atoms with van der Waals surface area (Å²) in [6.45, 7) is 2.73.